The van der Waals surface area contributed by atoms with Crippen LogP contribution in [-0.4, -0.2) is 31.6 Å². The molecule has 8 heteroatoms. The van der Waals surface area contributed by atoms with Gasteiger partial charge >= 0.3 is 5.69 Å². The maximum Gasteiger partial charge on any atom is 0.326 e. The minimum absolute atomic E-state index is 0.144. The first-order chi connectivity index (χ1) is 8.53. The zero-order valence-electron chi connectivity index (χ0n) is 9.80. The van der Waals surface area contributed by atoms with Gasteiger partial charge in [-0.05, 0) is 12.1 Å². The third-order valence-electron chi connectivity index (χ3n) is 2.58. The second-order valence-corrected chi connectivity index (χ2v) is 5.40. The van der Waals surface area contributed by atoms with Crippen LogP contribution in [0.4, 0.5) is 0 Å². The first kappa shape index (κ1) is 12.8. The predicted octanol–water partition coefficient (Wildman–Crippen LogP) is -0.617. The molecule has 0 atom stereocenters. The van der Waals surface area contributed by atoms with E-state index in [2.05, 4.69) is 14.4 Å². The Bertz CT molecular complexity index is 701. The maximum atomic E-state index is 11.7. The van der Waals surface area contributed by atoms with E-state index in [9.17, 15) is 13.2 Å². The Hall–Kier alpha value is -1.64. The third-order valence-corrected chi connectivity index (χ3v) is 3.70. The molecule has 1 aromatic carbocycles. The van der Waals surface area contributed by atoms with E-state index in [1.54, 1.807) is 12.1 Å². The van der Waals surface area contributed by atoms with E-state index < -0.39 is 10.2 Å². The van der Waals surface area contributed by atoms with Gasteiger partial charge in [0.1, 0.15) is 0 Å². The van der Waals surface area contributed by atoms with Crippen molar-refractivity contribution in [3.63, 3.8) is 0 Å². The summed E-state index contributed by atoms with van der Waals surface area (Å²) in [4.78, 5) is 14.4. The minimum Gasteiger partial charge on any atom is -0.306 e. The Morgan fingerprint density at radius 3 is 2.78 bits per heavy atom. The van der Waals surface area contributed by atoms with Crippen LogP contribution in [0.1, 0.15) is 0 Å². The van der Waals surface area contributed by atoms with Crippen LogP contribution < -0.4 is 15.1 Å². The maximum absolute atomic E-state index is 11.7. The lowest BCUT2D eigenvalue weighted by Crippen LogP contribution is -2.36. The Kier molecular flexibility index (Phi) is 3.50. The van der Waals surface area contributed by atoms with Crippen molar-refractivity contribution in [2.75, 3.05) is 13.6 Å². The van der Waals surface area contributed by atoms with Gasteiger partial charge in [-0.2, -0.15) is 8.42 Å². The second kappa shape index (κ2) is 4.92. The fourth-order valence-electron chi connectivity index (χ4n) is 1.69. The third kappa shape index (κ3) is 2.61. The number of aromatic nitrogens is 2. The van der Waals surface area contributed by atoms with Crippen molar-refractivity contribution in [1.82, 2.24) is 19.0 Å². The van der Waals surface area contributed by atoms with Gasteiger partial charge in [0, 0.05) is 20.1 Å². The molecule has 0 unspecified atom stereocenters. The summed E-state index contributed by atoms with van der Waals surface area (Å²) >= 11 is 0. The van der Waals surface area contributed by atoms with Gasteiger partial charge in [0.2, 0.25) is 0 Å². The molecule has 1 heterocycles. The van der Waals surface area contributed by atoms with Crippen LogP contribution in [0.15, 0.2) is 29.1 Å². The molecule has 0 bridgehead atoms. The van der Waals surface area contributed by atoms with Crippen LogP contribution in [0.2, 0.25) is 0 Å². The quantitative estimate of drug-likeness (QED) is 0.676. The van der Waals surface area contributed by atoms with E-state index in [0.717, 1.165) is 11.0 Å². The largest absolute Gasteiger partial charge is 0.326 e. The molecule has 18 heavy (non-hydrogen) atoms. The van der Waals surface area contributed by atoms with E-state index >= 15 is 0 Å². The lowest BCUT2D eigenvalue weighted by atomic mass is 10.3. The number of aromatic amines is 1. The molecule has 98 valence electrons. The lowest BCUT2D eigenvalue weighted by Gasteiger charge is -2.05. The number of hydrogen-bond acceptors (Lipinski definition) is 3. The Morgan fingerprint density at radius 2 is 2.06 bits per heavy atom. The van der Waals surface area contributed by atoms with Gasteiger partial charge in [0.05, 0.1) is 11.0 Å². The number of para-hydroxylation sites is 2. The molecule has 0 fully saturated rings. The fraction of sp³-hybridized carbons (Fsp3) is 0.300. The molecule has 1 aromatic heterocycles. The van der Waals surface area contributed by atoms with Gasteiger partial charge in [0.25, 0.3) is 10.2 Å². The topological polar surface area (TPSA) is 96.0 Å². The number of nitrogens with zero attached hydrogens (tertiary/aromatic N) is 1. The Labute approximate surface area is 104 Å². The fourth-order valence-corrected chi connectivity index (χ4v) is 2.20. The molecule has 0 aliphatic rings. The first-order valence-electron chi connectivity index (χ1n) is 5.39. The molecule has 0 radical (unpaired) electrons. The van der Waals surface area contributed by atoms with Crippen LogP contribution in [-0.2, 0) is 16.8 Å². The number of benzene rings is 1. The molecular formula is C10H14N4O3S. The molecule has 0 aliphatic heterocycles. The summed E-state index contributed by atoms with van der Waals surface area (Å²) in [6.45, 7) is 0.411. The Balaban J connectivity index is 2.18. The molecule has 7 nitrogen and oxygen atoms in total. The summed E-state index contributed by atoms with van der Waals surface area (Å²) in [5.41, 5.74) is 1.24. The SMILES string of the molecule is CNS(=O)(=O)NCCn1c(=O)[nH]c2ccccc21. The Morgan fingerprint density at radius 1 is 1.33 bits per heavy atom. The normalized spacial score (nSPS) is 12.1. The lowest BCUT2D eigenvalue weighted by molar-refractivity contribution is 0.564. The van der Waals surface area contributed by atoms with Gasteiger partial charge in [-0.25, -0.2) is 14.2 Å². The average molecular weight is 270 g/mol. The van der Waals surface area contributed by atoms with E-state index in [-0.39, 0.29) is 18.8 Å². The van der Waals surface area contributed by atoms with E-state index in [1.165, 1.54) is 11.6 Å². The molecule has 0 amide bonds. The molecule has 2 rings (SSSR count). The van der Waals surface area contributed by atoms with E-state index in [4.69, 9.17) is 0 Å². The summed E-state index contributed by atoms with van der Waals surface area (Å²) in [6.07, 6.45) is 0. The summed E-state index contributed by atoms with van der Waals surface area (Å²) in [5.74, 6) is 0. The van der Waals surface area contributed by atoms with Crippen molar-refractivity contribution in [2.45, 2.75) is 6.54 Å². The number of nitrogens with one attached hydrogen (secondary N) is 3. The van der Waals surface area contributed by atoms with Gasteiger partial charge in [-0.3, -0.25) is 4.57 Å². The van der Waals surface area contributed by atoms with Gasteiger partial charge in [0.15, 0.2) is 0 Å². The average Bonchev–Trinajstić information content (AvgIpc) is 2.66. The summed E-state index contributed by atoms with van der Waals surface area (Å²) < 4.78 is 28.3. The zero-order chi connectivity index (χ0) is 13.2. The summed E-state index contributed by atoms with van der Waals surface area (Å²) in [5, 5.41) is 0. The monoisotopic (exact) mass is 270 g/mol. The van der Waals surface area contributed by atoms with Crippen molar-refractivity contribution in [1.29, 1.82) is 0 Å². The smallest absolute Gasteiger partial charge is 0.306 e. The van der Waals surface area contributed by atoms with Crippen LogP contribution in [0, 0.1) is 0 Å². The predicted molar refractivity (Wildman–Crippen MR) is 68.5 cm³/mol. The highest BCUT2D eigenvalue weighted by Crippen LogP contribution is 2.08. The molecule has 3 N–H and O–H groups in total. The number of rotatable bonds is 5. The number of fused-ring (bicyclic) bond motifs is 1. The van der Waals surface area contributed by atoms with Crippen molar-refractivity contribution in [2.24, 2.45) is 0 Å². The van der Waals surface area contributed by atoms with Crippen molar-refractivity contribution in [3.8, 4) is 0 Å². The molecule has 2 aromatic rings. The van der Waals surface area contributed by atoms with Crippen LogP contribution >= 0.6 is 0 Å². The first-order valence-corrected chi connectivity index (χ1v) is 6.87. The zero-order valence-corrected chi connectivity index (χ0v) is 10.6. The number of hydrogen-bond donors (Lipinski definition) is 3. The van der Waals surface area contributed by atoms with Crippen LogP contribution in [0.5, 0.6) is 0 Å². The molecular weight excluding hydrogens is 256 g/mol. The van der Waals surface area contributed by atoms with E-state index in [1.807, 2.05) is 12.1 Å². The molecule has 0 aliphatic carbocycles. The van der Waals surface area contributed by atoms with Crippen LogP contribution in [0.3, 0.4) is 0 Å². The summed E-state index contributed by atoms with van der Waals surface area (Å²) in [6, 6.07) is 7.25. The van der Waals surface area contributed by atoms with Gasteiger partial charge in [-0.15, -0.1) is 0 Å². The highest BCUT2D eigenvalue weighted by Gasteiger charge is 2.08. The standard InChI is InChI=1S/C10H14N4O3S/c1-11-18(16,17)12-6-7-14-9-5-3-2-4-8(9)13-10(14)15/h2-5,11-12H,6-7H2,1H3,(H,13,15). The van der Waals surface area contributed by atoms with Gasteiger partial charge < -0.3 is 4.98 Å². The van der Waals surface area contributed by atoms with E-state index in [0.29, 0.717) is 0 Å². The highest BCUT2D eigenvalue weighted by atomic mass is 32.2. The molecule has 0 spiro atoms. The minimum atomic E-state index is -3.46. The summed E-state index contributed by atoms with van der Waals surface area (Å²) in [7, 11) is -2.14. The highest BCUT2D eigenvalue weighted by molar-refractivity contribution is 7.87. The number of H-pyrrole nitrogens is 1. The molecule has 0 saturated heterocycles. The van der Waals surface area contributed by atoms with Crippen LogP contribution in [0.25, 0.3) is 11.0 Å². The van der Waals surface area contributed by atoms with Crippen molar-refractivity contribution in [3.05, 3.63) is 34.7 Å². The van der Waals surface area contributed by atoms with Crippen molar-refractivity contribution < 1.29 is 8.42 Å². The second-order valence-electron chi connectivity index (χ2n) is 3.70. The number of imidazole rings is 1. The van der Waals surface area contributed by atoms with Crippen molar-refractivity contribution >= 4 is 21.2 Å². The van der Waals surface area contributed by atoms with Gasteiger partial charge in [-0.1, -0.05) is 12.1 Å². The molecule has 0 saturated carbocycles.